The van der Waals surface area contributed by atoms with Gasteiger partial charge in [0.25, 0.3) is 0 Å². The summed E-state index contributed by atoms with van der Waals surface area (Å²) in [5.74, 6) is -1.09. The van der Waals surface area contributed by atoms with E-state index in [9.17, 15) is 45.7 Å². The van der Waals surface area contributed by atoms with Crippen molar-refractivity contribution in [2.45, 2.75) is 31.6 Å². The molecular weight excluding hydrogens is 559 g/mol. The summed E-state index contributed by atoms with van der Waals surface area (Å²) in [6.07, 6.45) is -8.91. The van der Waals surface area contributed by atoms with Crippen LogP contribution in [0.4, 0.5) is 42.2 Å². The van der Waals surface area contributed by atoms with Crippen LogP contribution < -0.4 is 9.80 Å². The average Bonchev–Trinajstić information content (AvgIpc) is 2.91. The molecule has 2 aromatic carbocycles. The summed E-state index contributed by atoms with van der Waals surface area (Å²) in [5, 5.41) is 18.8. The van der Waals surface area contributed by atoms with Crippen molar-refractivity contribution >= 4 is 17.4 Å². The first-order chi connectivity index (χ1) is 19.0. The van der Waals surface area contributed by atoms with Gasteiger partial charge >= 0.3 is 12.4 Å². The Balaban J connectivity index is 2.15. The van der Waals surface area contributed by atoms with Crippen molar-refractivity contribution in [3.05, 3.63) is 77.2 Å². The third-order valence-electron chi connectivity index (χ3n) is 6.60. The molecule has 0 saturated carbocycles. The molecule has 6 nitrogen and oxygen atoms in total. The highest BCUT2D eigenvalue weighted by molar-refractivity contribution is 6.03. The second-order valence-electron chi connectivity index (χ2n) is 9.78. The summed E-state index contributed by atoms with van der Waals surface area (Å²) in [6.45, 7) is 2.11. The molecule has 0 atom stereocenters. The molecule has 1 amide bonds. The number of aromatic nitrogens is 1. The number of amides is 1. The van der Waals surface area contributed by atoms with E-state index < -0.39 is 46.2 Å². The second-order valence-corrected chi connectivity index (χ2v) is 9.78. The summed E-state index contributed by atoms with van der Waals surface area (Å²) in [4.78, 5) is 20.7. The van der Waals surface area contributed by atoms with Crippen LogP contribution in [0.25, 0.3) is 11.1 Å². The topological polar surface area (TPSA) is 76.9 Å². The van der Waals surface area contributed by atoms with Crippen LogP contribution in [-0.2, 0) is 22.6 Å². The highest BCUT2D eigenvalue weighted by atomic mass is 19.4. The molecule has 41 heavy (non-hydrogen) atoms. The molecular formula is C28H28F7N3O3. The smallest absolute Gasteiger partial charge is 0.395 e. The summed E-state index contributed by atoms with van der Waals surface area (Å²) in [6, 6.07) is 7.75. The molecule has 1 aromatic heterocycles. The first-order valence-electron chi connectivity index (χ1n) is 12.3. The molecule has 3 rings (SSSR count). The van der Waals surface area contributed by atoms with Crippen molar-refractivity contribution in [2.24, 2.45) is 0 Å². The number of aliphatic hydroxyl groups is 2. The SMILES string of the molecule is CN(C(=O)C(C)(C)c1cc(C(F)(F)F)cc(C(F)(F)F)c1)c1cnc(N(CCO)CCO)cc1-c1ccc(F)cc1. The number of rotatable bonds is 9. The highest BCUT2D eigenvalue weighted by Gasteiger charge is 2.41. The van der Waals surface area contributed by atoms with E-state index >= 15 is 0 Å². The molecule has 13 heteroatoms. The zero-order chi connectivity index (χ0) is 30.8. The summed E-state index contributed by atoms with van der Waals surface area (Å²) in [5.41, 5.74) is -4.56. The molecule has 0 fully saturated rings. The lowest BCUT2D eigenvalue weighted by Gasteiger charge is -2.32. The number of benzene rings is 2. The molecule has 0 saturated heterocycles. The summed E-state index contributed by atoms with van der Waals surface area (Å²) in [7, 11) is 1.30. The monoisotopic (exact) mass is 587 g/mol. The Morgan fingerprint density at radius 1 is 0.829 bits per heavy atom. The number of nitrogens with zero attached hydrogens (tertiary/aromatic N) is 3. The molecule has 0 bridgehead atoms. The molecule has 222 valence electrons. The number of likely N-dealkylation sites (N-methyl/N-ethyl adjacent to an activating group) is 1. The number of pyridine rings is 1. The molecule has 0 aliphatic carbocycles. The van der Waals surface area contributed by atoms with Gasteiger partial charge in [-0.3, -0.25) is 4.79 Å². The second kappa shape index (κ2) is 12.0. The van der Waals surface area contributed by atoms with Gasteiger partial charge in [0, 0.05) is 25.7 Å². The summed E-state index contributed by atoms with van der Waals surface area (Å²) < 4.78 is 94.7. The highest BCUT2D eigenvalue weighted by Crippen LogP contribution is 2.41. The number of halogens is 7. The Kier molecular flexibility index (Phi) is 9.34. The van der Waals surface area contributed by atoms with Gasteiger partial charge in [0.2, 0.25) is 5.91 Å². The van der Waals surface area contributed by atoms with Gasteiger partial charge in [0.05, 0.1) is 41.6 Å². The maximum atomic E-state index is 13.7. The molecule has 0 radical (unpaired) electrons. The van der Waals surface area contributed by atoms with E-state index in [1.165, 1.54) is 57.4 Å². The maximum Gasteiger partial charge on any atom is 0.416 e. The van der Waals surface area contributed by atoms with Crippen molar-refractivity contribution in [1.29, 1.82) is 0 Å². The number of aliphatic hydroxyl groups excluding tert-OH is 2. The van der Waals surface area contributed by atoms with Crippen LogP contribution in [-0.4, -0.2) is 54.5 Å². The van der Waals surface area contributed by atoms with E-state index in [0.717, 1.165) is 4.90 Å². The summed E-state index contributed by atoms with van der Waals surface area (Å²) >= 11 is 0. The van der Waals surface area contributed by atoms with Gasteiger partial charge in [-0.05, 0) is 61.4 Å². The predicted molar refractivity (Wildman–Crippen MR) is 139 cm³/mol. The molecule has 0 spiro atoms. The van der Waals surface area contributed by atoms with E-state index in [-0.39, 0.29) is 38.1 Å². The number of carbonyl (C=O) groups excluding carboxylic acids is 1. The standard InChI is InChI=1S/C28H28F7N3O3/c1-26(2,18-12-19(27(30,31)32)14-20(13-18)28(33,34)35)25(41)37(3)23-16-36-24(38(8-10-39)9-11-40)15-22(23)17-4-6-21(29)7-5-17/h4-7,12-16,39-40H,8-11H2,1-3H3. The van der Waals surface area contributed by atoms with Gasteiger partial charge in [-0.2, -0.15) is 26.3 Å². The first kappa shape index (κ1) is 31.8. The minimum atomic E-state index is -5.09. The van der Waals surface area contributed by atoms with E-state index in [4.69, 9.17) is 0 Å². The Morgan fingerprint density at radius 3 is 1.78 bits per heavy atom. The lowest BCUT2D eigenvalue weighted by atomic mass is 9.81. The van der Waals surface area contributed by atoms with E-state index in [1.807, 2.05) is 0 Å². The number of hydrogen-bond donors (Lipinski definition) is 2. The van der Waals surface area contributed by atoms with Crippen LogP contribution in [0.1, 0.15) is 30.5 Å². The van der Waals surface area contributed by atoms with Gasteiger partial charge < -0.3 is 20.0 Å². The normalized spacial score (nSPS) is 12.4. The lowest BCUT2D eigenvalue weighted by molar-refractivity contribution is -0.143. The van der Waals surface area contributed by atoms with Crippen LogP contribution in [0.2, 0.25) is 0 Å². The Labute approximate surface area is 231 Å². The van der Waals surface area contributed by atoms with Crippen LogP contribution in [0, 0.1) is 5.82 Å². The molecule has 0 aliphatic heterocycles. The Hall–Kier alpha value is -3.71. The Morgan fingerprint density at radius 2 is 1.32 bits per heavy atom. The zero-order valence-electron chi connectivity index (χ0n) is 22.3. The van der Waals surface area contributed by atoms with Crippen molar-refractivity contribution in [1.82, 2.24) is 4.98 Å². The van der Waals surface area contributed by atoms with Crippen LogP contribution in [0.5, 0.6) is 0 Å². The molecule has 0 aliphatic rings. The largest absolute Gasteiger partial charge is 0.416 e. The van der Waals surface area contributed by atoms with Crippen LogP contribution in [0.3, 0.4) is 0 Å². The zero-order valence-corrected chi connectivity index (χ0v) is 22.3. The fourth-order valence-corrected chi connectivity index (χ4v) is 4.29. The van der Waals surface area contributed by atoms with E-state index in [1.54, 1.807) is 4.90 Å². The minimum Gasteiger partial charge on any atom is -0.395 e. The first-order valence-corrected chi connectivity index (χ1v) is 12.3. The maximum absolute atomic E-state index is 13.7. The van der Waals surface area contributed by atoms with Gasteiger partial charge in [-0.25, -0.2) is 9.37 Å². The van der Waals surface area contributed by atoms with Crippen molar-refractivity contribution in [3.8, 4) is 11.1 Å². The van der Waals surface area contributed by atoms with Crippen molar-refractivity contribution < 1.29 is 45.7 Å². The van der Waals surface area contributed by atoms with Crippen LogP contribution >= 0.6 is 0 Å². The lowest BCUT2D eigenvalue weighted by Crippen LogP contribution is -2.42. The van der Waals surface area contributed by atoms with Gasteiger partial charge in [0.15, 0.2) is 0 Å². The predicted octanol–water partition coefficient (Wildman–Crippen LogP) is 5.66. The number of alkyl halides is 6. The fraction of sp³-hybridized carbons (Fsp3) is 0.357. The third-order valence-corrected chi connectivity index (χ3v) is 6.60. The average molecular weight is 588 g/mol. The van der Waals surface area contributed by atoms with E-state index in [2.05, 4.69) is 4.98 Å². The van der Waals surface area contributed by atoms with Crippen molar-refractivity contribution in [3.63, 3.8) is 0 Å². The molecule has 1 heterocycles. The minimum absolute atomic E-state index is 0.00638. The number of anilines is 2. The number of hydrogen-bond acceptors (Lipinski definition) is 5. The third kappa shape index (κ3) is 7.14. The van der Waals surface area contributed by atoms with Crippen LogP contribution in [0.15, 0.2) is 54.7 Å². The van der Waals surface area contributed by atoms with Gasteiger partial charge in [0.1, 0.15) is 11.6 Å². The van der Waals surface area contributed by atoms with Gasteiger partial charge in [-0.15, -0.1) is 0 Å². The molecule has 2 N–H and O–H groups in total. The number of carbonyl (C=O) groups is 1. The van der Waals surface area contributed by atoms with E-state index in [0.29, 0.717) is 29.1 Å². The fourth-order valence-electron chi connectivity index (χ4n) is 4.29. The molecule has 0 unspecified atom stereocenters. The van der Waals surface area contributed by atoms with Gasteiger partial charge in [-0.1, -0.05) is 12.1 Å². The van der Waals surface area contributed by atoms with Crippen molar-refractivity contribution in [2.75, 3.05) is 43.2 Å². The molecule has 3 aromatic rings. The quantitative estimate of drug-likeness (QED) is 0.316. The Bertz CT molecular complexity index is 1340.